The zero-order valence-corrected chi connectivity index (χ0v) is 19.0. The third-order valence-corrected chi connectivity index (χ3v) is 7.36. The van der Waals surface area contributed by atoms with Gasteiger partial charge in [-0.1, -0.05) is 12.1 Å². The fourth-order valence-electron chi connectivity index (χ4n) is 5.12. The monoisotopic (exact) mass is 486 g/mol. The number of rotatable bonds is 3. The van der Waals surface area contributed by atoms with Gasteiger partial charge in [-0.2, -0.15) is 18.4 Å². The van der Waals surface area contributed by atoms with Crippen molar-refractivity contribution in [1.29, 1.82) is 5.26 Å². The second kappa shape index (κ2) is 8.32. The van der Waals surface area contributed by atoms with Crippen molar-refractivity contribution in [1.82, 2.24) is 4.98 Å². The molecule has 1 aliphatic carbocycles. The van der Waals surface area contributed by atoms with Gasteiger partial charge in [0.2, 0.25) is 0 Å². The number of hydrogen-bond donors (Lipinski definition) is 0. The molecule has 0 bridgehead atoms. The normalized spacial score (nSPS) is 20.5. The van der Waals surface area contributed by atoms with E-state index in [1.807, 2.05) is 24.3 Å². The van der Waals surface area contributed by atoms with E-state index in [9.17, 15) is 23.2 Å². The number of aromatic nitrogens is 1. The van der Waals surface area contributed by atoms with Crippen LogP contribution in [0.25, 0.3) is 0 Å². The van der Waals surface area contributed by atoms with Crippen molar-refractivity contribution in [2.75, 3.05) is 23.0 Å². The Labute approximate surface area is 199 Å². The molecule has 1 spiro atoms. The number of thiocarbonyl (C=S) groups is 1. The van der Waals surface area contributed by atoms with E-state index in [0.29, 0.717) is 37.7 Å². The molecule has 2 aliphatic heterocycles. The zero-order valence-electron chi connectivity index (χ0n) is 18.1. The molecule has 6 nitrogen and oxygen atoms in total. The van der Waals surface area contributed by atoms with Gasteiger partial charge in [-0.15, -0.1) is 0 Å². The van der Waals surface area contributed by atoms with Crippen LogP contribution >= 0.6 is 12.2 Å². The molecule has 2 aromatic rings. The number of pyridine rings is 1. The smallest absolute Gasteiger partial charge is 0.381 e. The van der Waals surface area contributed by atoms with E-state index in [1.165, 1.54) is 6.07 Å². The highest BCUT2D eigenvalue weighted by Gasteiger charge is 2.60. The number of carbonyl (C=O) groups excluding carboxylic acids is 1. The molecule has 0 N–H and O–H groups in total. The summed E-state index contributed by atoms with van der Waals surface area (Å²) in [6.07, 6.45) is -0.176. The number of anilines is 2. The van der Waals surface area contributed by atoms with Gasteiger partial charge < -0.3 is 9.64 Å². The van der Waals surface area contributed by atoms with Crippen molar-refractivity contribution in [2.45, 2.75) is 49.7 Å². The van der Waals surface area contributed by atoms with Gasteiger partial charge in [-0.25, -0.2) is 4.98 Å². The average molecular weight is 487 g/mol. The van der Waals surface area contributed by atoms with Crippen LogP contribution in [0.1, 0.15) is 54.8 Å². The number of hydrogen-bond acceptors (Lipinski definition) is 5. The first-order chi connectivity index (χ1) is 16.3. The lowest BCUT2D eigenvalue weighted by atomic mass is 9.75. The summed E-state index contributed by atoms with van der Waals surface area (Å²) in [6.45, 7) is 1.43. The first-order valence-corrected chi connectivity index (χ1v) is 11.5. The fraction of sp³-hybridized carbons (Fsp3) is 0.417. The topological polar surface area (TPSA) is 69.5 Å². The van der Waals surface area contributed by atoms with Gasteiger partial charge in [0.05, 0.1) is 5.69 Å². The van der Waals surface area contributed by atoms with E-state index in [2.05, 4.69) is 4.98 Å². The number of ether oxygens (including phenoxy) is 1. The molecule has 1 aromatic heterocycles. The van der Waals surface area contributed by atoms with Gasteiger partial charge in [-0.3, -0.25) is 9.69 Å². The third kappa shape index (κ3) is 3.46. The van der Waals surface area contributed by atoms with E-state index < -0.39 is 34.6 Å². The quantitative estimate of drug-likeness (QED) is 0.574. The second-order valence-corrected chi connectivity index (χ2v) is 9.15. The van der Waals surface area contributed by atoms with Crippen molar-refractivity contribution in [2.24, 2.45) is 0 Å². The van der Waals surface area contributed by atoms with Gasteiger partial charge in [0.25, 0.3) is 5.91 Å². The largest absolute Gasteiger partial charge is 0.421 e. The first-order valence-electron chi connectivity index (χ1n) is 11.1. The van der Waals surface area contributed by atoms with Crippen molar-refractivity contribution in [3.8, 4) is 6.07 Å². The molecule has 1 aromatic carbocycles. The van der Waals surface area contributed by atoms with E-state index in [-0.39, 0.29) is 5.11 Å². The van der Waals surface area contributed by atoms with E-state index >= 15 is 0 Å². The minimum Gasteiger partial charge on any atom is -0.381 e. The summed E-state index contributed by atoms with van der Waals surface area (Å²) in [6, 6.07) is 10.3. The molecule has 3 fully saturated rings. The lowest BCUT2D eigenvalue weighted by Crippen LogP contribution is -2.55. The number of nitriles is 1. The van der Waals surface area contributed by atoms with Gasteiger partial charge in [-0.05, 0) is 74.0 Å². The molecule has 176 valence electrons. The Bertz CT molecular complexity index is 1180. The number of halogens is 3. The molecule has 2 saturated heterocycles. The fourth-order valence-corrected chi connectivity index (χ4v) is 5.58. The maximum atomic E-state index is 13.9. The molecular formula is C24H21F3N4O2S. The number of benzene rings is 1. The Morgan fingerprint density at radius 1 is 1.15 bits per heavy atom. The molecule has 10 heteroatoms. The van der Waals surface area contributed by atoms with Gasteiger partial charge in [0, 0.05) is 25.1 Å². The summed E-state index contributed by atoms with van der Waals surface area (Å²) in [5.74, 6) is -0.113. The summed E-state index contributed by atoms with van der Waals surface area (Å²) in [7, 11) is 0. The molecule has 0 radical (unpaired) electrons. The summed E-state index contributed by atoms with van der Waals surface area (Å²) < 4.78 is 47.2. The Kier molecular flexibility index (Phi) is 5.57. The number of amides is 1. The molecule has 5 rings (SSSR count). The Balaban J connectivity index is 1.55. The van der Waals surface area contributed by atoms with Crippen LogP contribution < -0.4 is 9.80 Å². The molecule has 34 heavy (non-hydrogen) atoms. The van der Waals surface area contributed by atoms with Crippen LogP contribution in [0.3, 0.4) is 0 Å². The summed E-state index contributed by atoms with van der Waals surface area (Å²) >= 11 is 5.62. The van der Waals surface area contributed by atoms with Crippen LogP contribution in [0.5, 0.6) is 0 Å². The van der Waals surface area contributed by atoms with E-state index in [0.717, 1.165) is 42.0 Å². The SMILES string of the molecule is N#Cc1nccc(N2C(=O)C3(CCC3)N(c3ccc(C4CCOCC4)cc3)C2=S)c1C(F)(F)F. The minimum atomic E-state index is -4.88. The molecule has 3 aliphatic rings. The Hall–Kier alpha value is -3.03. The van der Waals surface area contributed by atoms with Crippen LogP contribution in [-0.2, 0) is 15.7 Å². The number of nitrogens with zero attached hydrogens (tertiary/aromatic N) is 4. The molecule has 0 unspecified atom stereocenters. The van der Waals surface area contributed by atoms with Crippen LogP contribution in [0.15, 0.2) is 36.5 Å². The van der Waals surface area contributed by atoms with Crippen molar-refractivity contribution in [3.05, 3.63) is 53.3 Å². The van der Waals surface area contributed by atoms with E-state index in [4.69, 9.17) is 17.0 Å². The van der Waals surface area contributed by atoms with Crippen LogP contribution in [-0.4, -0.2) is 34.8 Å². The molecule has 3 heterocycles. The predicted molar refractivity (Wildman–Crippen MR) is 122 cm³/mol. The molecule has 0 atom stereocenters. The van der Waals surface area contributed by atoms with Gasteiger partial charge >= 0.3 is 6.18 Å². The lowest BCUT2D eigenvalue weighted by Gasteiger charge is -2.43. The van der Waals surface area contributed by atoms with Crippen LogP contribution in [0.4, 0.5) is 24.5 Å². The van der Waals surface area contributed by atoms with Crippen molar-refractivity contribution >= 4 is 34.6 Å². The average Bonchev–Trinajstić information content (AvgIpc) is 3.05. The Morgan fingerprint density at radius 2 is 1.82 bits per heavy atom. The highest BCUT2D eigenvalue weighted by Crippen LogP contribution is 2.50. The highest BCUT2D eigenvalue weighted by atomic mass is 32.1. The summed E-state index contributed by atoms with van der Waals surface area (Å²) in [4.78, 5) is 19.8. The van der Waals surface area contributed by atoms with E-state index in [1.54, 1.807) is 4.90 Å². The highest BCUT2D eigenvalue weighted by molar-refractivity contribution is 7.81. The predicted octanol–water partition coefficient (Wildman–Crippen LogP) is 4.93. The van der Waals surface area contributed by atoms with Gasteiger partial charge in [0.15, 0.2) is 10.8 Å². The maximum Gasteiger partial charge on any atom is 0.421 e. The lowest BCUT2D eigenvalue weighted by molar-refractivity contribution is -0.137. The molecular weight excluding hydrogens is 465 g/mol. The zero-order chi connectivity index (χ0) is 24.1. The number of carbonyl (C=O) groups is 1. The summed E-state index contributed by atoms with van der Waals surface area (Å²) in [5, 5.41) is 9.21. The summed E-state index contributed by atoms with van der Waals surface area (Å²) in [5.41, 5.74) is -1.69. The minimum absolute atomic E-state index is 0.0240. The first kappa shape index (κ1) is 22.7. The van der Waals surface area contributed by atoms with Crippen molar-refractivity contribution < 1.29 is 22.7 Å². The maximum absolute atomic E-state index is 13.9. The Morgan fingerprint density at radius 3 is 2.38 bits per heavy atom. The third-order valence-electron chi connectivity index (χ3n) is 7.00. The second-order valence-electron chi connectivity index (χ2n) is 8.79. The number of alkyl halides is 3. The van der Waals surface area contributed by atoms with Crippen molar-refractivity contribution in [3.63, 3.8) is 0 Å². The van der Waals surface area contributed by atoms with Gasteiger partial charge in [0.1, 0.15) is 17.2 Å². The standard InChI is InChI=1S/C24H21F3N4O2S/c25-24(26,27)20-18(14-28)29-11-6-19(20)30-21(32)23(9-1-10-23)31(22(30)34)17-4-2-15(3-5-17)16-7-12-33-13-8-16/h2-6,11,16H,1,7-10,12-13H2. The van der Waals surface area contributed by atoms with Crippen LogP contribution in [0.2, 0.25) is 0 Å². The molecule has 1 saturated carbocycles. The molecule has 1 amide bonds. The van der Waals surface area contributed by atoms with Crippen LogP contribution in [0, 0.1) is 11.3 Å².